The third kappa shape index (κ3) is 2.96. The van der Waals surface area contributed by atoms with Crippen LogP contribution in [0.1, 0.15) is 21.5 Å². The molecule has 4 heteroatoms. The topological polar surface area (TPSA) is 42.0 Å². The predicted molar refractivity (Wildman–Crippen MR) is 75.8 cm³/mol. The molecule has 0 aliphatic carbocycles. The molecule has 0 bridgehead atoms. The highest BCUT2D eigenvalue weighted by Gasteiger charge is 2.09. The standard InChI is InChI=1S/C14H13BrN2O/c1-9-6-11(8-12(15)7-9)14(18)17-13-10(2)4-3-5-16-13/h3-8H,1-2H3,(H,16,17,18). The van der Waals surface area contributed by atoms with Crippen LogP contribution in [0.5, 0.6) is 0 Å². The first-order valence-corrected chi connectivity index (χ1v) is 6.36. The Kier molecular flexibility index (Phi) is 3.77. The first-order chi connectivity index (χ1) is 8.56. The van der Waals surface area contributed by atoms with E-state index in [1.807, 2.05) is 38.1 Å². The van der Waals surface area contributed by atoms with Gasteiger partial charge < -0.3 is 5.32 Å². The van der Waals surface area contributed by atoms with Crippen molar-refractivity contribution >= 4 is 27.7 Å². The molecule has 0 spiro atoms. The number of anilines is 1. The van der Waals surface area contributed by atoms with Crippen LogP contribution in [0.2, 0.25) is 0 Å². The summed E-state index contributed by atoms with van der Waals surface area (Å²) in [5, 5.41) is 2.81. The molecule has 3 nitrogen and oxygen atoms in total. The molecule has 1 aromatic carbocycles. The molecule has 2 aromatic rings. The fourth-order valence-corrected chi connectivity index (χ4v) is 2.27. The fraction of sp³-hybridized carbons (Fsp3) is 0.143. The Balaban J connectivity index is 2.25. The van der Waals surface area contributed by atoms with Crippen molar-refractivity contribution in [1.29, 1.82) is 0 Å². The third-order valence-electron chi connectivity index (χ3n) is 2.55. The van der Waals surface area contributed by atoms with Crippen LogP contribution in [0.15, 0.2) is 41.0 Å². The van der Waals surface area contributed by atoms with Crippen molar-refractivity contribution in [1.82, 2.24) is 4.98 Å². The lowest BCUT2D eigenvalue weighted by atomic mass is 10.1. The number of amides is 1. The van der Waals surface area contributed by atoms with Gasteiger partial charge in [0.1, 0.15) is 5.82 Å². The molecule has 0 aliphatic rings. The Morgan fingerprint density at radius 3 is 2.72 bits per heavy atom. The second kappa shape index (κ2) is 5.31. The van der Waals surface area contributed by atoms with Crippen molar-refractivity contribution in [3.8, 4) is 0 Å². The summed E-state index contributed by atoms with van der Waals surface area (Å²) in [7, 11) is 0. The summed E-state index contributed by atoms with van der Waals surface area (Å²) < 4.78 is 0.894. The lowest BCUT2D eigenvalue weighted by molar-refractivity contribution is 0.102. The molecule has 92 valence electrons. The number of aryl methyl sites for hydroxylation is 2. The van der Waals surface area contributed by atoms with Gasteiger partial charge in [-0.1, -0.05) is 22.0 Å². The van der Waals surface area contributed by atoms with Gasteiger partial charge in [-0.15, -0.1) is 0 Å². The maximum absolute atomic E-state index is 12.1. The molecule has 1 amide bonds. The van der Waals surface area contributed by atoms with E-state index in [9.17, 15) is 4.79 Å². The first kappa shape index (κ1) is 12.8. The van der Waals surface area contributed by atoms with Crippen molar-refractivity contribution < 1.29 is 4.79 Å². The predicted octanol–water partition coefficient (Wildman–Crippen LogP) is 3.71. The Morgan fingerprint density at radius 1 is 1.28 bits per heavy atom. The summed E-state index contributed by atoms with van der Waals surface area (Å²) in [4.78, 5) is 16.2. The zero-order valence-corrected chi connectivity index (χ0v) is 11.8. The molecule has 0 atom stereocenters. The second-order valence-corrected chi connectivity index (χ2v) is 5.06. The Morgan fingerprint density at radius 2 is 2.06 bits per heavy atom. The lowest BCUT2D eigenvalue weighted by Crippen LogP contribution is -2.14. The Hall–Kier alpha value is -1.68. The highest BCUT2D eigenvalue weighted by Crippen LogP contribution is 2.17. The number of hydrogen-bond acceptors (Lipinski definition) is 2. The maximum atomic E-state index is 12.1. The zero-order valence-electron chi connectivity index (χ0n) is 10.2. The van der Waals surface area contributed by atoms with E-state index >= 15 is 0 Å². The van der Waals surface area contributed by atoms with Crippen molar-refractivity contribution in [2.24, 2.45) is 0 Å². The van der Waals surface area contributed by atoms with Gasteiger partial charge >= 0.3 is 0 Å². The average molecular weight is 305 g/mol. The number of aromatic nitrogens is 1. The van der Waals surface area contributed by atoms with Gasteiger partial charge in [0.25, 0.3) is 5.91 Å². The number of nitrogens with zero attached hydrogens (tertiary/aromatic N) is 1. The molecule has 0 fully saturated rings. The number of rotatable bonds is 2. The number of benzene rings is 1. The van der Waals surface area contributed by atoms with E-state index in [1.54, 1.807) is 12.3 Å². The summed E-state index contributed by atoms with van der Waals surface area (Å²) in [5.41, 5.74) is 2.59. The summed E-state index contributed by atoms with van der Waals surface area (Å²) >= 11 is 3.39. The van der Waals surface area contributed by atoms with E-state index in [2.05, 4.69) is 26.2 Å². The number of hydrogen-bond donors (Lipinski definition) is 1. The lowest BCUT2D eigenvalue weighted by Gasteiger charge is -2.07. The summed E-state index contributed by atoms with van der Waals surface area (Å²) in [5.74, 6) is 0.446. The van der Waals surface area contributed by atoms with Gasteiger partial charge in [0, 0.05) is 16.2 Å². The smallest absolute Gasteiger partial charge is 0.256 e. The molecule has 0 radical (unpaired) electrons. The summed E-state index contributed by atoms with van der Waals surface area (Å²) in [6.45, 7) is 3.86. The van der Waals surface area contributed by atoms with Gasteiger partial charge in [-0.05, 0) is 49.2 Å². The molecule has 18 heavy (non-hydrogen) atoms. The van der Waals surface area contributed by atoms with Gasteiger partial charge in [0.05, 0.1) is 0 Å². The summed E-state index contributed by atoms with van der Waals surface area (Å²) in [6, 6.07) is 9.35. The van der Waals surface area contributed by atoms with E-state index in [0.29, 0.717) is 11.4 Å². The van der Waals surface area contributed by atoms with Crippen molar-refractivity contribution in [3.63, 3.8) is 0 Å². The van der Waals surface area contributed by atoms with E-state index in [0.717, 1.165) is 15.6 Å². The number of nitrogens with one attached hydrogen (secondary N) is 1. The minimum Gasteiger partial charge on any atom is -0.306 e. The molecule has 1 N–H and O–H groups in total. The van der Waals surface area contributed by atoms with Crippen molar-refractivity contribution in [3.05, 3.63) is 57.7 Å². The first-order valence-electron chi connectivity index (χ1n) is 5.56. The number of halogens is 1. The van der Waals surface area contributed by atoms with Crippen LogP contribution >= 0.6 is 15.9 Å². The molecular weight excluding hydrogens is 292 g/mol. The largest absolute Gasteiger partial charge is 0.306 e. The average Bonchev–Trinajstić information content (AvgIpc) is 2.31. The van der Waals surface area contributed by atoms with Gasteiger partial charge in [-0.2, -0.15) is 0 Å². The third-order valence-corrected chi connectivity index (χ3v) is 3.00. The van der Waals surface area contributed by atoms with Crippen LogP contribution in [0.4, 0.5) is 5.82 Å². The van der Waals surface area contributed by atoms with Crippen LogP contribution in [-0.4, -0.2) is 10.9 Å². The monoisotopic (exact) mass is 304 g/mol. The molecule has 0 saturated heterocycles. The molecule has 0 aliphatic heterocycles. The minimum absolute atomic E-state index is 0.152. The SMILES string of the molecule is Cc1cc(Br)cc(C(=O)Nc2ncccc2C)c1. The second-order valence-electron chi connectivity index (χ2n) is 4.14. The molecule has 2 rings (SSSR count). The quantitative estimate of drug-likeness (QED) is 0.919. The van der Waals surface area contributed by atoms with Gasteiger partial charge in [-0.25, -0.2) is 4.98 Å². The van der Waals surface area contributed by atoms with Crippen LogP contribution < -0.4 is 5.32 Å². The Labute approximate surface area is 114 Å². The van der Waals surface area contributed by atoms with Gasteiger partial charge in [0.2, 0.25) is 0 Å². The molecular formula is C14H13BrN2O. The highest BCUT2D eigenvalue weighted by atomic mass is 79.9. The van der Waals surface area contributed by atoms with Crippen LogP contribution in [0.25, 0.3) is 0 Å². The Bertz CT molecular complexity index is 576. The van der Waals surface area contributed by atoms with E-state index in [-0.39, 0.29) is 5.91 Å². The number of pyridine rings is 1. The van der Waals surface area contributed by atoms with Gasteiger partial charge in [0.15, 0.2) is 0 Å². The molecule has 0 saturated carbocycles. The zero-order chi connectivity index (χ0) is 13.1. The van der Waals surface area contributed by atoms with Crippen LogP contribution in [0, 0.1) is 13.8 Å². The maximum Gasteiger partial charge on any atom is 0.256 e. The van der Waals surface area contributed by atoms with E-state index < -0.39 is 0 Å². The highest BCUT2D eigenvalue weighted by molar-refractivity contribution is 9.10. The van der Waals surface area contributed by atoms with Crippen molar-refractivity contribution in [2.45, 2.75) is 13.8 Å². The van der Waals surface area contributed by atoms with E-state index in [1.165, 1.54) is 0 Å². The number of carbonyl (C=O) groups excluding carboxylic acids is 1. The van der Waals surface area contributed by atoms with Crippen molar-refractivity contribution in [2.75, 3.05) is 5.32 Å². The normalized spacial score (nSPS) is 10.2. The van der Waals surface area contributed by atoms with E-state index in [4.69, 9.17) is 0 Å². The molecule has 1 aromatic heterocycles. The fourth-order valence-electron chi connectivity index (χ4n) is 1.66. The molecule has 1 heterocycles. The number of carbonyl (C=O) groups is 1. The summed E-state index contributed by atoms with van der Waals surface area (Å²) in [6.07, 6.45) is 1.66. The van der Waals surface area contributed by atoms with Gasteiger partial charge in [-0.3, -0.25) is 4.79 Å². The van der Waals surface area contributed by atoms with Crippen LogP contribution in [-0.2, 0) is 0 Å². The van der Waals surface area contributed by atoms with Crippen LogP contribution in [0.3, 0.4) is 0 Å². The minimum atomic E-state index is -0.152. The molecule has 0 unspecified atom stereocenters.